The predicted molar refractivity (Wildman–Crippen MR) is 69.5 cm³/mol. The Hall–Kier alpha value is -0.940. The first kappa shape index (κ1) is 14.1. The first-order valence-electron chi connectivity index (χ1n) is 5.85. The Bertz CT molecular complexity index is 390. The van der Waals surface area contributed by atoms with Gasteiger partial charge < -0.3 is 5.11 Å². The second kappa shape index (κ2) is 6.12. The van der Waals surface area contributed by atoms with Gasteiger partial charge in [0.25, 0.3) is 0 Å². The summed E-state index contributed by atoms with van der Waals surface area (Å²) in [5.74, 6) is -0.782. The van der Waals surface area contributed by atoms with Crippen LogP contribution in [0.2, 0.25) is 0 Å². The number of thiazole rings is 1. The molecule has 1 rings (SSSR count). The molecule has 1 N–H and O–H groups in total. The molecule has 1 atom stereocenters. The molecule has 1 unspecified atom stereocenters. The quantitative estimate of drug-likeness (QED) is 0.850. The molecular weight excluding hydrogens is 236 g/mol. The lowest BCUT2D eigenvalue weighted by molar-refractivity contribution is -0.138. The minimum absolute atomic E-state index is 0.0657. The molecule has 0 aliphatic rings. The lowest BCUT2D eigenvalue weighted by Crippen LogP contribution is -2.33. The molecule has 4 nitrogen and oxygen atoms in total. The normalized spacial score (nSPS) is 13.0. The second-order valence-electron chi connectivity index (χ2n) is 4.21. The summed E-state index contributed by atoms with van der Waals surface area (Å²) in [6.07, 6.45) is 0.944. The Kier molecular flexibility index (Phi) is 5.08. The van der Waals surface area contributed by atoms with E-state index in [0.717, 1.165) is 23.7 Å². The molecule has 0 aliphatic carbocycles. The van der Waals surface area contributed by atoms with Crippen LogP contribution >= 0.6 is 11.3 Å². The average molecular weight is 256 g/mol. The van der Waals surface area contributed by atoms with Gasteiger partial charge in [0.15, 0.2) is 0 Å². The van der Waals surface area contributed by atoms with E-state index in [1.807, 2.05) is 25.7 Å². The number of carboxylic acids is 1. The molecule has 0 aliphatic heterocycles. The lowest BCUT2D eigenvalue weighted by Gasteiger charge is -2.26. The first-order chi connectivity index (χ1) is 7.95. The minimum Gasteiger partial charge on any atom is -0.480 e. The molecule has 0 radical (unpaired) electrons. The molecule has 0 amide bonds. The highest BCUT2D eigenvalue weighted by Gasteiger charge is 2.21. The van der Waals surface area contributed by atoms with Gasteiger partial charge in [-0.05, 0) is 33.7 Å². The highest BCUT2D eigenvalue weighted by molar-refractivity contribution is 7.11. The van der Waals surface area contributed by atoms with E-state index < -0.39 is 5.97 Å². The summed E-state index contributed by atoms with van der Waals surface area (Å²) in [6, 6.07) is 0.0657. The molecule has 0 bridgehead atoms. The molecule has 17 heavy (non-hydrogen) atoms. The fraction of sp³-hybridized carbons (Fsp3) is 0.667. The zero-order valence-corrected chi connectivity index (χ0v) is 11.7. The molecule has 0 saturated carbocycles. The minimum atomic E-state index is -0.782. The molecule has 0 fully saturated rings. The summed E-state index contributed by atoms with van der Waals surface area (Å²) >= 11 is 1.67. The van der Waals surface area contributed by atoms with Gasteiger partial charge in [-0.3, -0.25) is 9.69 Å². The molecular formula is C12H20N2O2S. The van der Waals surface area contributed by atoms with Crippen LogP contribution in [-0.2, 0) is 4.79 Å². The summed E-state index contributed by atoms with van der Waals surface area (Å²) in [6.45, 7) is 8.96. The van der Waals surface area contributed by atoms with Crippen molar-refractivity contribution in [1.29, 1.82) is 0 Å². The van der Waals surface area contributed by atoms with E-state index >= 15 is 0 Å². The molecule has 5 heteroatoms. The van der Waals surface area contributed by atoms with Crippen LogP contribution < -0.4 is 0 Å². The highest BCUT2D eigenvalue weighted by Crippen LogP contribution is 2.26. The maximum Gasteiger partial charge on any atom is 0.317 e. The zero-order chi connectivity index (χ0) is 13.0. The van der Waals surface area contributed by atoms with Gasteiger partial charge in [0, 0.05) is 4.88 Å². The maximum absolute atomic E-state index is 10.9. The van der Waals surface area contributed by atoms with Gasteiger partial charge in [0.1, 0.15) is 0 Å². The molecule has 1 aromatic rings. The number of hydrogen-bond acceptors (Lipinski definition) is 4. The van der Waals surface area contributed by atoms with Crippen LogP contribution in [-0.4, -0.2) is 34.0 Å². The molecule has 96 valence electrons. The molecule has 0 spiro atoms. The van der Waals surface area contributed by atoms with Crippen molar-refractivity contribution < 1.29 is 9.90 Å². The van der Waals surface area contributed by atoms with Crippen molar-refractivity contribution in [2.75, 3.05) is 13.1 Å². The monoisotopic (exact) mass is 256 g/mol. The van der Waals surface area contributed by atoms with E-state index in [2.05, 4.69) is 11.9 Å². The number of nitrogens with zero attached hydrogens (tertiary/aromatic N) is 2. The number of rotatable bonds is 6. The van der Waals surface area contributed by atoms with Crippen molar-refractivity contribution in [3.63, 3.8) is 0 Å². The number of aliphatic carboxylic acids is 1. The molecule has 1 heterocycles. The fourth-order valence-corrected chi connectivity index (χ4v) is 2.88. The Morgan fingerprint density at radius 1 is 1.53 bits per heavy atom. The maximum atomic E-state index is 10.9. The summed E-state index contributed by atoms with van der Waals surface area (Å²) in [5, 5.41) is 9.96. The van der Waals surface area contributed by atoms with Crippen molar-refractivity contribution in [3.05, 3.63) is 15.6 Å². The van der Waals surface area contributed by atoms with Crippen LogP contribution in [0, 0.1) is 13.8 Å². The van der Waals surface area contributed by atoms with E-state index in [9.17, 15) is 4.79 Å². The van der Waals surface area contributed by atoms with E-state index in [4.69, 9.17) is 5.11 Å². The van der Waals surface area contributed by atoms with Gasteiger partial charge in [-0.2, -0.15) is 0 Å². The van der Waals surface area contributed by atoms with Gasteiger partial charge in [-0.25, -0.2) is 4.98 Å². The smallest absolute Gasteiger partial charge is 0.317 e. The van der Waals surface area contributed by atoms with Crippen LogP contribution in [0.25, 0.3) is 0 Å². The van der Waals surface area contributed by atoms with Crippen LogP contribution in [0.5, 0.6) is 0 Å². The number of carbonyl (C=O) groups is 1. The predicted octanol–water partition coefficient (Wildman–Crippen LogP) is 2.62. The van der Waals surface area contributed by atoms with Gasteiger partial charge in [-0.1, -0.05) is 6.92 Å². The second-order valence-corrected chi connectivity index (χ2v) is 5.62. The van der Waals surface area contributed by atoms with Gasteiger partial charge in [-0.15, -0.1) is 11.3 Å². The fourth-order valence-electron chi connectivity index (χ4n) is 1.98. The number of aromatic nitrogens is 1. The van der Waals surface area contributed by atoms with Crippen LogP contribution in [0.3, 0.4) is 0 Å². The Morgan fingerprint density at radius 3 is 2.59 bits per heavy atom. The SMILES string of the molecule is CCCN(CC(=O)O)C(C)c1nc(C)sc1C. The van der Waals surface area contributed by atoms with Crippen molar-refractivity contribution in [1.82, 2.24) is 9.88 Å². The van der Waals surface area contributed by atoms with Crippen molar-refractivity contribution in [2.24, 2.45) is 0 Å². The van der Waals surface area contributed by atoms with Gasteiger partial charge in [0.05, 0.1) is 23.3 Å². The van der Waals surface area contributed by atoms with Crippen LogP contribution in [0.4, 0.5) is 0 Å². The Morgan fingerprint density at radius 2 is 2.18 bits per heavy atom. The van der Waals surface area contributed by atoms with E-state index in [0.29, 0.717) is 0 Å². The highest BCUT2D eigenvalue weighted by atomic mass is 32.1. The summed E-state index contributed by atoms with van der Waals surface area (Å²) in [5.41, 5.74) is 1.02. The zero-order valence-electron chi connectivity index (χ0n) is 10.9. The number of aryl methyl sites for hydroxylation is 2. The van der Waals surface area contributed by atoms with Gasteiger partial charge in [0.2, 0.25) is 0 Å². The summed E-state index contributed by atoms with van der Waals surface area (Å²) in [7, 11) is 0. The number of carboxylic acid groups (broad SMARTS) is 1. The van der Waals surface area contributed by atoms with Crippen LogP contribution in [0.1, 0.15) is 41.9 Å². The lowest BCUT2D eigenvalue weighted by atomic mass is 10.1. The van der Waals surface area contributed by atoms with E-state index in [-0.39, 0.29) is 12.6 Å². The average Bonchev–Trinajstić information content (AvgIpc) is 2.55. The third-order valence-electron chi connectivity index (χ3n) is 2.73. The summed E-state index contributed by atoms with van der Waals surface area (Å²) < 4.78 is 0. The number of hydrogen-bond donors (Lipinski definition) is 1. The third kappa shape index (κ3) is 3.78. The van der Waals surface area contributed by atoms with Crippen LogP contribution in [0.15, 0.2) is 0 Å². The van der Waals surface area contributed by atoms with Crippen molar-refractivity contribution in [3.8, 4) is 0 Å². The van der Waals surface area contributed by atoms with Crippen molar-refractivity contribution in [2.45, 2.75) is 40.2 Å². The Balaban J connectivity index is 2.86. The summed E-state index contributed by atoms with van der Waals surface area (Å²) in [4.78, 5) is 18.5. The first-order valence-corrected chi connectivity index (χ1v) is 6.67. The van der Waals surface area contributed by atoms with E-state index in [1.54, 1.807) is 11.3 Å². The largest absolute Gasteiger partial charge is 0.480 e. The molecule has 0 aromatic carbocycles. The van der Waals surface area contributed by atoms with Crippen molar-refractivity contribution >= 4 is 17.3 Å². The molecule has 1 aromatic heterocycles. The Labute approximate surface area is 106 Å². The van der Waals surface area contributed by atoms with E-state index in [1.165, 1.54) is 4.88 Å². The standard InChI is InChI=1S/C12H20N2O2S/c1-5-6-14(7-11(15)16)8(2)12-9(3)17-10(4)13-12/h8H,5-7H2,1-4H3,(H,15,16). The molecule has 0 saturated heterocycles. The van der Waals surface area contributed by atoms with Gasteiger partial charge >= 0.3 is 5.97 Å². The topological polar surface area (TPSA) is 53.4 Å². The third-order valence-corrected chi connectivity index (χ3v) is 3.63.